The van der Waals surface area contributed by atoms with Crippen LogP contribution in [0.25, 0.3) is 0 Å². The van der Waals surface area contributed by atoms with Crippen molar-refractivity contribution in [2.75, 3.05) is 0 Å². The quantitative estimate of drug-likeness (QED) is 0.720. The van der Waals surface area contributed by atoms with Crippen molar-refractivity contribution in [1.82, 2.24) is 20.5 Å². The molecule has 0 aliphatic carbocycles. The van der Waals surface area contributed by atoms with Crippen LogP contribution in [-0.2, 0) is 22.5 Å². The van der Waals surface area contributed by atoms with Crippen LogP contribution < -0.4 is 5.32 Å². The average molecular weight is 256 g/mol. The van der Waals surface area contributed by atoms with Crippen LogP contribution in [0.15, 0.2) is 0 Å². The Labute approximate surface area is 104 Å². The number of carboxylic acids is 1. The maximum atomic E-state index is 11.3. The van der Waals surface area contributed by atoms with E-state index in [0.717, 1.165) is 0 Å². The predicted molar refractivity (Wildman–Crippen MR) is 60.8 cm³/mol. The first-order valence-electron chi connectivity index (χ1n) is 5.35. The van der Waals surface area contributed by atoms with E-state index in [2.05, 4.69) is 20.5 Å². The lowest BCUT2D eigenvalue weighted by Gasteiger charge is -2.19. The number of nitrogens with zero attached hydrogens (tertiary/aromatic N) is 2. The molecule has 0 atom stereocenters. The lowest BCUT2D eigenvalue weighted by molar-refractivity contribution is -0.136. The maximum Gasteiger partial charge on any atom is 0.408 e. The molecule has 0 saturated carbocycles. The molecule has 0 radical (unpaired) electrons. The number of aliphatic carboxylic acids is 1. The second-order valence-corrected chi connectivity index (χ2v) is 4.62. The van der Waals surface area contributed by atoms with Crippen LogP contribution in [0.4, 0.5) is 4.79 Å². The Morgan fingerprint density at radius 2 is 2.11 bits per heavy atom. The van der Waals surface area contributed by atoms with Crippen LogP contribution in [0.1, 0.15) is 32.4 Å². The Morgan fingerprint density at radius 1 is 1.44 bits per heavy atom. The van der Waals surface area contributed by atoms with Gasteiger partial charge < -0.3 is 15.2 Å². The molecule has 0 aliphatic rings. The number of H-pyrrole nitrogens is 1. The van der Waals surface area contributed by atoms with E-state index in [4.69, 9.17) is 9.84 Å². The minimum absolute atomic E-state index is 0.0987. The largest absolute Gasteiger partial charge is 0.481 e. The van der Waals surface area contributed by atoms with Gasteiger partial charge in [0.2, 0.25) is 0 Å². The summed E-state index contributed by atoms with van der Waals surface area (Å²) in [6.45, 7) is 5.37. The summed E-state index contributed by atoms with van der Waals surface area (Å²) in [5.74, 6) is -0.471. The zero-order valence-corrected chi connectivity index (χ0v) is 10.5. The van der Waals surface area contributed by atoms with Crippen LogP contribution in [-0.4, -0.2) is 38.0 Å². The maximum absolute atomic E-state index is 11.3. The number of ether oxygens (including phenoxy) is 1. The van der Waals surface area contributed by atoms with Crippen molar-refractivity contribution in [3.05, 3.63) is 11.6 Å². The third-order valence-corrected chi connectivity index (χ3v) is 1.69. The fraction of sp³-hybridized carbons (Fsp3) is 0.600. The first kappa shape index (κ1) is 13.9. The fourth-order valence-electron chi connectivity index (χ4n) is 1.10. The zero-order valence-electron chi connectivity index (χ0n) is 10.5. The van der Waals surface area contributed by atoms with Crippen molar-refractivity contribution >= 4 is 12.1 Å². The minimum Gasteiger partial charge on any atom is -0.481 e. The van der Waals surface area contributed by atoms with Crippen LogP contribution in [0.3, 0.4) is 0 Å². The Morgan fingerprint density at radius 3 is 2.67 bits per heavy atom. The second kappa shape index (κ2) is 5.48. The first-order valence-corrected chi connectivity index (χ1v) is 5.35. The van der Waals surface area contributed by atoms with E-state index >= 15 is 0 Å². The molecule has 0 aromatic carbocycles. The van der Waals surface area contributed by atoms with Crippen molar-refractivity contribution in [3.8, 4) is 0 Å². The Hall–Kier alpha value is -2.12. The molecule has 1 heterocycles. The smallest absolute Gasteiger partial charge is 0.408 e. The summed E-state index contributed by atoms with van der Waals surface area (Å²) in [4.78, 5) is 25.6. The van der Waals surface area contributed by atoms with Gasteiger partial charge in [-0.2, -0.15) is 5.10 Å². The average Bonchev–Trinajstić information content (AvgIpc) is 2.59. The second-order valence-electron chi connectivity index (χ2n) is 4.62. The topological polar surface area (TPSA) is 117 Å². The van der Waals surface area contributed by atoms with Crippen molar-refractivity contribution in [3.63, 3.8) is 0 Å². The highest BCUT2D eigenvalue weighted by atomic mass is 16.6. The Kier molecular flexibility index (Phi) is 4.24. The molecule has 100 valence electrons. The summed E-state index contributed by atoms with van der Waals surface area (Å²) in [7, 11) is 0. The number of carbonyl (C=O) groups is 2. The minimum atomic E-state index is -1.01. The molecule has 1 aromatic heterocycles. The van der Waals surface area contributed by atoms with Crippen molar-refractivity contribution in [2.24, 2.45) is 0 Å². The number of carboxylic acid groups (broad SMARTS) is 1. The Bertz CT molecular complexity index is 435. The summed E-state index contributed by atoms with van der Waals surface area (Å²) < 4.78 is 5.02. The number of nitrogens with one attached hydrogen (secondary N) is 2. The van der Waals surface area contributed by atoms with Gasteiger partial charge in [-0.25, -0.2) is 9.78 Å². The van der Waals surface area contributed by atoms with Crippen LogP contribution >= 0.6 is 0 Å². The van der Waals surface area contributed by atoms with Gasteiger partial charge in [0.05, 0.1) is 6.54 Å². The highest BCUT2D eigenvalue weighted by Gasteiger charge is 2.16. The van der Waals surface area contributed by atoms with E-state index in [1.54, 1.807) is 20.8 Å². The number of rotatable bonds is 4. The summed E-state index contributed by atoms with van der Waals surface area (Å²) in [6, 6.07) is 0. The summed E-state index contributed by atoms with van der Waals surface area (Å²) in [5.41, 5.74) is -0.569. The number of alkyl carbamates (subject to hydrolysis) is 1. The van der Waals surface area contributed by atoms with Gasteiger partial charge in [-0.05, 0) is 20.8 Å². The zero-order chi connectivity index (χ0) is 13.8. The third kappa shape index (κ3) is 5.28. The molecule has 3 N–H and O–H groups in total. The summed E-state index contributed by atoms with van der Waals surface area (Å²) in [5, 5.41) is 17.3. The number of amides is 1. The SMILES string of the molecule is CC(C)(C)OC(=O)NCc1nc(CC(=O)O)n[nH]1. The molecule has 0 fully saturated rings. The molecule has 8 heteroatoms. The standard InChI is InChI=1S/C10H16N4O4/c1-10(2,3)18-9(17)11-5-7-12-6(13-14-7)4-8(15)16/h4-5H2,1-3H3,(H,11,17)(H,15,16)(H,12,13,14). The number of hydrogen-bond acceptors (Lipinski definition) is 5. The highest BCUT2D eigenvalue weighted by Crippen LogP contribution is 2.06. The number of aromatic nitrogens is 3. The van der Waals surface area contributed by atoms with E-state index < -0.39 is 17.7 Å². The molecule has 1 aromatic rings. The van der Waals surface area contributed by atoms with Crippen molar-refractivity contribution in [2.45, 2.75) is 39.3 Å². The monoisotopic (exact) mass is 256 g/mol. The molecular formula is C10H16N4O4. The highest BCUT2D eigenvalue weighted by molar-refractivity contribution is 5.69. The molecule has 1 rings (SSSR count). The van der Waals surface area contributed by atoms with Gasteiger partial charge in [0.1, 0.15) is 17.8 Å². The molecule has 0 spiro atoms. The molecule has 0 bridgehead atoms. The predicted octanol–water partition coefficient (Wildman–Crippen LogP) is 0.456. The lowest BCUT2D eigenvalue weighted by Crippen LogP contribution is -2.32. The van der Waals surface area contributed by atoms with Gasteiger partial charge in [-0.15, -0.1) is 0 Å². The van der Waals surface area contributed by atoms with Crippen LogP contribution in [0.2, 0.25) is 0 Å². The molecule has 0 saturated heterocycles. The molecule has 18 heavy (non-hydrogen) atoms. The van der Waals surface area contributed by atoms with Gasteiger partial charge in [0.25, 0.3) is 0 Å². The van der Waals surface area contributed by atoms with Gasteiger partial charge >= 0.3 is 12.1 Å². The van der Waals surface area contributed by atoms with Gasteiger partial charge in [-0.1, -0.05) is 0 Å². The van der Waals surface area contributed by atoms with E-state index in [9.17, 15) is 9.59 Å². The third-order valence-electron chi connectivity index (χ3n) is 1.69. The van der Waals surface area contributed by atoms with Gasteiger partial charge in [-0.3, -0.25) is 9.89 Å². The van der Waals surface area contributed by atoms with Gasteiger partial charge in [0, 0.05) is 0 Å². The lowest BCUT2D eigenvalue weighted by atomic mass is 10.2. The van der Waals surface area contributed by atoms with Crippen molar-refractivity contribution < 1.29 is 19.4 Å². The fourth-order valence-corrected chi connectivity index (χ4v) is 1.10. The number of hydrogen-bond donors (Lipinski definition) is 3. The molecule has 0 unspecified atom stereocenters. The van der Waals surface area contributed by atoms with Crippen LogP contribution in [0, 0.1) is 0 Å². The van der Waals surface area contributed by atoms with E-state index in [0.29, 0.717) is 5.82 Å². The normalized spacial score (nSPS) is 11.1. The first-order chi connectivity index (χ1) is 8.26. The van der Waals surface area contributed by atoms with Crippen LogP contribution in [0.5, 0.6) is 0 Å². The summed E-state index contributed by atoms with van der Waals surface area (Å²) in [6.07, 6.45) is -0.832. The molecule has 0 aliphatic heterocycles. The molecule has 1 amide bonds. The van der Waals surface area contributed by atoms with Crippen molar-refractivity contribution in [1.29, 1.82) is 0 Å². The summed E-state index contributed by atoms with van der Waals surface area (Å²) >= 11 is 0. The molecule has 8 nitrogen and oxygen atoms in total. The van der Waals surface area contributed by atoms with E-state index in [1.807, 2.05) is 0 Å². The molecular weight excluding hydrogens is 240 g/mol. The van der Waals surface area contributed by atoms with E-state index in [-0.39, 0.29) is 18.8 Å². The number of aromatic amines is 1. The number of carbonyl (C=O) groups excluding carboxylic acids is 1. The van der Waals surface area contributed by atoms with Gasteiger partial charge in [0.15, 0.2) is 5.82 Å². The Balaban J connectivity index is 2.42. The van der Waals surface area contributed by atoms with E-state index in [1.165, 1.54) is 0 Å².